The Balaban J connectivity index is 0.00000212. The van der Waals surface area contributed by atoms with Crippen molar-refractivity contribution in [2.75, 3.05) is 0 Å². The molecule has 0 radical (unpaired) electrons. The topological polar surface area (TPSA) is 0 Å². The van der Waals surface area contributed by atoms with E-state index in [1.54, 1.807) is 3.28 Å². The predicted molar refractivity (Wildman–Crippen MR) is 174 cm³/mol. The maximum Gasteiger partial charge on any atom is -1.00 e. The Hall–Kier alpha value is -1.73. The molecule has 4 aromatic rings. The molecule has 1 atom stereocenters. The predicted octanol–water partition coefficient (Wildman–Crippen LogP) is 5.24. The summed E-state index contributed by atoms with van der Waals surface area (Å²) in [6.07, 6.45) is 7.58. The molecule has 0 N–H and O–H groups in total. The molecule has 0 nitrogen and oxygen atoms in total. The summed E-state index contributed by atoms with van der Waals surface area (Å²) >= 11 is 10.1. The van der Waals surface area contributed by atoms with E-state index in [9.17, 15) is 0 Å². The van der Waals surface area contributed by atoms with Gasteiger partial charge >= 0.3 is 265 Å². The second-order valence-corrected chi connectivity index (χ2v) is 19.3. The van der Waals surface area contributed by atoms with Gasteiger partial charge in [0.25, 0.3) is 0 Å². The zero-order valence-corrected chi connectivity index (χ0v) is 30.5. The van der Waals surface area contributed by atoms with Crippen molar-refractivity contribution in [2.45, 2.75) is 44.2 Å². The Morgan fingerprint density at radius 2 is 1.16 bits per heavy atom. The summed E-state index contributed by atoms with van der Waals surface area (Å²) < 4.78 is 3.60. The van der Waals surface area contributed by atoms with E-state index < -0.39 is 21.3 Å². The van der Waals surface area contributed by atoms with Crippen LogP contribution in [0.3, 0.4) is 0 Å². The summed E-state index contributed by atoms with van der Waals surface area (Å²) in [4.78, 5) is 0. The number of hydrogen-bond acceptors (Lipinski definition) is 0. The first-order valence-electron chi connectivity index (χ1n) is 14.6. The maximum atomic E-state index is 6.45. The van der Waals surface area contributed by atoms with Crippen LogP contribution in [0.1, 0.15) is 66.4 Å². The molecule has 0 fully saturated rings. The van der Waals surface area contributed by atoms with Gasteiger partial charge in [0.15, 0.2) is 0 Å². The van der Waals surface area contributed by atoms with Crippen molar-refractivity contribution in [3.63, 3.8) is 0 Å². The zero-order valence-electron chi connectivity index (χ0n) is 25.0. The van der Waals surface area contributed by atoms with Crippen LogP contribution in [0.2, 0.25) is 10.0 Å². The molecule has 0 aromatic heterocycles. The van der Waals surface area contributed by atoms with Crippen LogP contribution >= 0.6 is 23.2 Å². The quantitative estimate of drug-likeness (QED) is 0.255. The monoisotopic (exact) mass is 722 g/mol. The fourth-order valence-electron chi connectivity index (χ4n) is 6.56. The van der Waals surface area contributed by atoms with Crippen LogP contribution in [0.25, 0.3) is 11.1 Å². The summed E-state index contributed by atoms with van der Waals surface area (Å²) in [5, 5.41) is 1.54. The first kappa shape index (κ1) is 34.2. The molecule has 43 heavy (non-hydrogen) atoms. The standard InChI is InChI=1S/C13H8Cl2.C13H9.C12H19.2ClH.Zr/c14-12-5-1-10(2-6-12)9-11-3-7-13(15)8-4-11;1-3-7-12-10(5-1)9-11-6-2-4-8-13(11)12;1-5-6-10-7-8-11(9-10)12(2,3)4;;;/h1-8H;1-9H;8-10H,5-6H2,1-4H3;2*1H;/q;;;;;+2/p-2. The maximum absolute atomic E-state index is 6.45. The average molecular weight is 726 g/mol. The summed E-state index contributed by atoms with van der Waals surface area (Å²) in [5.41, 5.74) is 9.93. The van der Waals surface area contributed by atoms with E-state index in [2.05, 4.69) is 137 Å². The largest absolute Gasteiger partial charge is 1.00 e. The van der Waals surface area contributed by atoms with Crippen LogP contribution in [0, 0.1) is 11.3 Å². The van der Waals surface area contributed by atoms with Crippen LogP contribution in [0.15, 0.2) is 118 Å². The number of rotatable bonds is 6. The second kappa shape index (κ2) is 14.1. The zero-order chi connectivity index (χ0) is 28.7. The van der Waals surface area contributed by atoms with Gasteiger partial charge in [-0.2, -0.15) is 0 Å². The summed E-state index contributed by atoms with van der Waals surface area (Å²) in [6.45, 7) is 9.39. The van der Waals surface area contributed by atoms with Crippen molar-refractivity contribution in [2.24, 2.45) is 11.3 Å². The first-order chi connectivity index (χ1) is 19.8. The molecule has 5 heteroatoms. The smallest absolute Gasteiger partial charge is 1.00 e. The van der Waals surface area contributed by atoms with Gasteiger partial charge in [-0.3, -0.25) is 0 Å². The van der Waals surface area contributed by atoms with Crippen LogP contribution in [-0.4, -0.2) is 3.21 Å². The average Bonchev–Trinajstić information content (AvgIpc) is 3.53. The van der Waals surface area contributed by atoms with Crippen molar-refractivity contribution in [1.29, 1.82) is 0 Å². The van der Waals surface area contributed by atoms with Gasteiger partial charge in [0.05, 0.1) is 0 Å². The number of fused-ring (bicyclic) bond motifs is 3. The summed E-state index contributed by atoms with van der Waals surface area (Å²) in [6, 6.07) is 35.4. The van der Waals surface area contributed by atoms with Crippen LogP contribution in [0.4, 0.5) is 0 Å². The minimum atomic E-state index is -2.84. The van der Waals surface area contributed by atoms with Gasteiger partial charge in [0.2, 0.25) is 0 Å². The molecular weight excluding hydrogens is 689 g/mol. The fraction of sp³-hybridized carbons (Fsp3) is 0.237. The molecule has 0 aliphatic heterocycles. The van der Waals surface area contributed by atoms with E-state index >= 15 is 0 Å². The van der Waals surface area contributed by atoms with E-state index in [0.717, 1.165) is 10.0 Å². The van der Waals surface area contributed by atoms with Crippen molar-refractivity contribution in [3.8, 4) is 11.1 Å². The fourth-order valence-corrected chi connectivity index (χ4v) is 16.5. The third-order valence-electron chi connectivity index (χ3n) is 8.53. The SMILES string of the molecule is CCCC1C=C(C(C)(C)C)C=[C]1[Zr+2](=[C](c1ccc(Cl)cc1)c1ccc(Cl)cc1)[CH]1c2ccccc2-c2ccccc21.[Cl-].[Cl-]. The van der Waals surface area contributed by atoms with E-state index in [1.165, 1.54) is 55.0 Å². The number of benzene rings is 4. The van der Waals surface area contributed by atoms with E-state index in [1.807, 2.05) is 0 Å². The number of halogens is 4. The molecule has 0 amide bonds. The van der Waals surface area contributed by atoms with Crippen molar-refractivity contribution >= 4 is 26.4 Å². The van der Waals surface area contributed by atoms with Gasteiger partial charge in [0.1, 0.15) is 0 Å². The number of hydrogen-bond donors (Lipinski definition) is 0. The summed E-state index contributed by atoms with van der Waals surface area (Å²) in [7, 11) is 0. The van der Waals surface area contributed by atoms with Gasteiger partial charge in [-0.15, -0.1) is 0 Å². The molecular formula is C38H36Cl4Zr. The van der Waals surface area contributed by atoms with Gasteiger partial charge in [0, 0.05) is 0 Å². The molecule has 2 aliphatic rings. The van der Waals surface area contributed by atoms with Gasteiger partial charge in [-0.1, -0.05) is 0 Å². The summed E-state index contributed by atoms with van der Waals surface area (Å²) in [5.74, 6) is 0.471. The molecule has 2 aliphatic carbocycles. The third kappa shape index (κ3) is 6.78. The normalized spacial score (nSPS) is 15.2. The van der Waals surface area contributed by atoms with Crippen molar-refractivity contribution in [3.05, 3.63) is 150 Å². The molecule has 0 spiro atoms. The van der Waals surface area contributed by atoms with Crippen LogP contribution in [0.5, 0.6) is 0 Å². The molecule has 0 saturated heterocycles. The Kier molecular flexibility index (Phi) is 11.2. The molecule has 4 aromatic carbocycles. The van der Waals surface area contributed by atoms with Crippen LogP contribution < -0.4 is 24.8 Å². The molecule has 220 valence electrons. The Morgan fingerprint density at radius 1 is 0.698 bits per heavy atom. The van der Waals surface area contributed by atoms with E-state index in [-0.39, 0.29) is 30.2 Å². The van der Waals surface area contributed by atoms with Gasteiger partial charge in [-0.05, 0) is 0 Å². The van der Waals surface area contributed by atoms with Crippen molar-refractivity contribution < 1.29 is 46.1 Å². The Bertz CT molecular complexity index is 1600. The third-order valence-corrected chi connectivity index (χ3v) is 17.5. The second-order valence-electron chi connectivity index (χ2n) is 12.3. The Labute approximate surface area is 287 Å². The first-order valence-corrected chi connectivity index (χ1v) is 19.3. The van der Waals surface area contributed by atoms with Crippen molar-refractivity contribution in [1.82, 2.24) is 0 Å². The van der Waals surface area contributed by atoms with Gasteiger partial charge in [-0.25, -0.2) is 0 Å². The molecule has 0 bridgehead atoms. The van der Waals surface area contributed by atoms with E-state index in [4.69, 9.17) is 23.2 Å². The van der Waals surface area contributed by atoms with Gasteiger partial charge < -0.3 is 24.8 Å². The van der Waals surface area contributed by atoms with E-state index in [0.29, 0.717) is 9.54 Å². The molecule has 0 saturated carbocycles. The Morgan fingerprint density at radius 3 is 1.60 bits per heavy atom. The minimum absolute atomic E-state index is 0. The molecule has 6 rings (SSSR count). The minimum Gasteiger partial charge on any atom is -1.00 e. The molecule has 1 unspecified atom stereocenters. The van der Waals surface area contributed by atoms with Crippen LogP contribution in [-0.2, 0) is 21.3 Å². The number of allylic oxidation sites excluding steroid dienone is 4. The molecule has 0 heterocycles.